The van der Waals surface area contributed by atoms with E-state index >= 15 is 0 Å². The van der Waals surface area contributed by atoms with Crippen LogP contribution >= 0.6 is 0 Å². The minimum Gasteiger partial charge on any atom is -0.340 e. The first-order chi connectivity index (χ1) is 12.7. The lowest BCUT2D eigenvalue weighted by atomic mass is 10.1. The van der Waals surface area contributed by atoms with Gasteiger partial charge in [-0.2, -0.15) is 13.2 Å². The monoisotopic (exact) mass is 383 g/mol. The number of nitrogens with one attached hydrogen (secondary N) is 2. The maximum Gasteiger partial charge on any atom is 0.418 e. The van der Waals surface area contributed by atoms with Crippen LogP contribution in [0.25, 0.3) is 0 Å². The molecular weight excluding hydrogens is 363 g/mol. The fourth-order valence-electron chi connectivity index (χ4n) is 2.96. The molecule has 2 N–H and O–H groups in total. The zero-order chi connectivity index (χ0) is 19.6. The first-order valence-corrected chi connectivity index (χ1v) is 8.52. The highest BCUT2D eigenvalue weighted by molar-refractivity contribution is 6.06. The van der Waals surface area contributed by atoms with Gasteiger partial charge in [-0.05, 0) is 19.2 Å². The van der Waals surface area contributed by atoms with E-state index < -0.39 is 23.7 Å². The zero-order valence-corrected chi connectivity index (χ0v) is 14.7. The lowest BCUT2D eigenvalue weighted by Gasteiger charge is -2.36. The van der Waals surface area contributed by atoms with Crippen molar-refractivity contribution in [2.45, 2.75) is 18.6 Å². The van der Waals surface area contributed by atoms with Crippen molar-refractivity contribution in [2.75, 3.05) is 38.5 Å². The summed E-state index contributed by atoms with van der Waals surface area (Å²) in [5.41, 5.74) is -1.29. The quantitative estimate of drug-likeness (QED) is 0.803. The molecule has 0 spiro atoms. The van der Waals surface area contributed by atoms with Crippen LogP contribution in [-0.4, -0.2) is 66.8 Å². The number of carbonyl (C=O) groups is 2. The second-order valence-electron chi connectivity index (χ2n) is 6.54. The van der Waals surface area contributed by atoms with Gasteiger partial charge in [-0.1, -0.05) is 12.1 Å². The van der Waals surface area contributed by atoms with Crippen molar-refractivity contribution in [3.8, 4) is 0 Å². The molecule has 2 amide bonds. The van der Waals surface area contributed by atoms with Crippen LogP contribution in [0.3, 0.4) is 0 Å². The van der Waals surface area contributed by atoms with Gasteiger partial charge in [-0.15, -0.1) is 0 Å². The third-order valence-electron chi connectivity index (χ3n) is 4.50. The van der Waals surface area contributed by atoms with Gasteiger partial charge in [-0.3, -0.25) is 14.9 Å². The first kappa shape index (κ1) is 19.2. The summed E-state index contributed by atoms with van der Waals surface area (Å²) in [6, 6.07) is 3.64. The Morgan fingerprint density at radius 2 is 1.89 bits per heavy atom. The third kappa shape index (κ3) is 4.57. The van der Waals surface area contributed by atoms with Gasteiger partial charge in [0.25, 0.3) is 0 Å². The van der Waals surface area contributed by atoms with E-state index in [-0.39, 0.29) is 18.0 Å². The van der Waals surface area contributed by atoms with E-state index in [9.17, 15) is 22.8 Å². The number of piperazine rings is 1. The second kappa shape index (κ2) is 7.55. The van der Waals surface area contributed by atoms with Crippen molar-refractivity contribution < 1.29 is 22.8 Å². The molecule has 0 saturated carbocycles. The molecular formula is C17H20F3N5O2. The lowest BCUT2D eigenvalue weighted by molar-refractivity contribution is -0.137. The number of aliphatic imine (C=N–C) groups is 1. The largest absolute Gasteiger partial charge is 0.418 e. The standard InChI is InChI=1S/C17H20F3N5O2/c1-24-6-8-25(9-7-24)16-22-13(10-14(26)23-16)15(27)21-12-5-3-2-4-11(12)17(18,19)20/h2-5,13H,6-10H2,1H3,(H,21,27)(H,22,23,26)/t13-/m1/s1. The van der Waals surface area contributed by atoms with Gasteiger partial charge in [0.1, 0.15) is 6.04 Å². The number of halogens is 3. The van der Waals surface area contributed by atoms with Crippen LogP contribution in [0.2, 0.25) is 0 Å². The Hall–Kier alpha value is -2.62. The van der Waals surface area contributed by atoms with Crippen LogP contribution in [0.15, 0.2) is 29.3 Å². The molecule has 0 aromatic heterocycles. The fourth-order valence-corrected chi connectivity index (χ4v) is 2.96. The van der Waals surface area contributed by atoms with Gasteiger partial charge in [0.15, 0.2) is 0 Å². The Morgan fingerprint density at radius 1 is 1.22 bits per heavy atom. The van der Waals surface area contributed by atoms with Gasteiger partial charge in [-0.25, -0.2) is 4.99 Å². The van der Waals surface area contributed by atoms with E-state index in [1.54, 1.807) is 0 Å². The fraction of sp³-hybridized carbons (Fsp3) is 0.471. The van der Waals surface area contributed by atoms with Crippen molar-refractivity contribution in [1.29, 1.82) is 0 Å². The molecule has 3 rings (SSSR count). The molecule has 10 heteroatoms. The number of carbonyl (C=O) groups excluding carboxylic acids is 2. The Morgan fingerprint density at radius 3 is 2.56 bits per heavy atom. The highest BCUT2D eigenvalue weighted by Gasteiger charge is 2.35. The number of hydrogen-bond acceptors (Lipinski definition) is 5. The van der Waals surface area contributed by atoms with E-state index in [1.165, 1.54) is 18.2 Å². The van der Waals surface area contributed by atoms with Crippen LogP contribution < -0.4 is 10.6 Å². The van der Waals surface area contributed by atoms with E-state index in [0.717, 1.165) is 19.2 Å². The van der Waals surface area contributed by atoms with Crippen LogP contribution in [0.5, 0.6) is 0 Å². The molecule has 2 heterocycles. The molecule has 1 aromatic rings. The maximum absolute atomic E-state index is 13.1. The van der Waals surface area contributed by atoms with Crippen LogP contribution in [0, 0.1) is 0 Å². The number of rotatable bonds is 2. The predicted molar refractivity (Wildman–Crippen MR) is 93.1 cm³/mol. The third-order valence-corrected chi connectivity index (χ3v) is 4.50. The van der Waals surface area contributed by atoms with Crippen molar-refractivity contribution in [2.24, 2.45) is 4.99 Å². The number of guanidine groups is 1. The summed E-state index contributed by atoms with van der Waals surface area (Å²) in [4.78, 5) is 32.7. The van der Waals surface area contributed by atoms with Gasteiger partial charge in [0, 0.05) is 26.2 Å². The van der Waals surface area contributed by atoms with E-state index in [2.05, 4.69) is 20.5 Å². The normalized spacial score (nSPS) is 21.5. The zero-order valence-electron chi connectivity index (χ0n) is 14.7. The van der Waals surface area contributed by atoms with E-state index in [4.69, 9.17) is 0 Å². The van der Waals surface area contributed by atoms with Gasteiger partial charge in [0.05, 0.1) is 17.7 Å². The molecule has 1 atom stereocenters. The molecule has 27 heavy (non-hydrogen) atoms. The summed E-state index contributed by atoms with van der Waals surface area (Å²) >= 11 is 0. The minimum absolute atomic E-state index is 0.211. The molecule has 146 valence electrons. The molecule has 0 radical (unpaired) electrons. The number of anilines is 1. The molecule has 1 fully saturated rings. The number of benzene rings is 1. The number of likely N-dealkylation sites (N-methyl/N-ethyl adjacent to an activating group) is 1. The van der Waals surface area contributed by atoms with Crippen molar-refractivity contribution in [1.82, 2.24) is 15.1 Å². The summed E-state index contributed by atoms with van der Waals surface area (Å²) in [6.45, 7) is 2.84. The predicted octanol–water partition coefficient (Wildman–Crippen LogP) is 1.14. The minimum atomic E-state index is -4.60. The number of amides is 2. The molecule has 1 saturated heterocycles. The highest BCUT2D eigenvalue weighted by atomic mass is 19.4. The average Bonchev–Trinajstić information content (AvgIpc) is 2.61. The van der Waals surface area contributed by atoms with Gasteiger partial charge in [0.2, 0.25) is 17.8 Å². The summed E-state index contributed by atoms with van der Waals surface area (Å²) in [7, 11) is 1.98. The Kier molecular flexibility index (Phi) is 5.36. The van der Waals surface area contributed by atoms with E-state index in [1.807, 2.05) is 11.9 Å². The smallest absolute Gasteiger partial charge is 0.340 e. The Balaban J connectivity index is 1.76. The molecule has 0 aliphatic carbocycles. The highest BCUT2D eigenvalue weighted by Crippen LogP contribution is 2.34. The summed E-state index contributed by atoms with van der Waals surface area (Å²) in [5.74, 6) is -0.833. The van der Waals surface area contributed by atoms with Gasteiger partial charge >= 0.3 is 6.18 Å². The van der Waals surface area contributed by atoms with Crippen LogP contribution in [0.4, 0.5) is 18.9 Å². The number of para-hydroxylation sites is 1. The molecule has 7 nitrogen and oxygen atoms in total. The number of nitrogens with zero attached hydrogens (tertiary/aromatic N) is 3. The number of hydrogen-bond donors (Lipinski definition) is 2. The van der Waals surface area contributed by atoms with Crippen molar-refractivity contribution >= 4 is 23.5 Å². The topological polar surface area (TPSA) is 77.0 Å². The molecule has 2 aliphatic rings. The second-order valence-corrected chi connectivity index (χ2v) is 6.54. The Labute approximate surface area is 154 Å². The van der Waals surface area contributed by atoms with Crippen LogP contribution in [-0.2, 0) is 15.8 Å². The van der Waals surface area contributed by atoms with Crippen molar-refractivity contribution in [3.63, 3.8) is 0 Å². The van der Waals surface area contributed by atoms with Gasteiger partial charge < -0.3 is 15.1 Å². The maximum atomic E-state index is 13.1. The van der Waals surface area contributed by atoms with E-state index in [0.29, 0.717) is 19.0 Å². The average molecular weight is 383 g/mol. The molecule has 1 aromatic carbocycles. The lowest BCUT2D eigenvalue weighted by Crippen LogP contribution is -2.55. The summed E-state index contributed by atoms with van der Waals surface area (Å²) in [5, 5.41) is 4.91. The van der Waals surface area contributed by atoms with Crippen molar-refractivity contribution in [3.05, 3.63) is 29.8 Å². The molecule has 0 bridgehead atoms. The molecule has 0 unspecified atom stereocenters. The SMILES string of the molecule is CN1CCN(C2=N[C@@H](C(=O)Nc3ccccc3C(F)(F)F)CC(=O)N2)CC1. The Bertz CT molecular complexity index is 757. The molecule has 2 aliphatic heterocycles. The van der Waals surface area contributed by atoms with Crippen LogP contribution in [0.1, 0.15) is 12.0 Å². The number of alkyl halides is 3. The summed E-state index contributed by atoms with van der Waals surface area (Å²) in [6.07, 6.45) is -4.81. The first-order valence-electron chi connectivity index (χ1n) is 8.52. The summed E-state index contributed by atoms with van der Waals surface area (Å²) < 4.78 is 39.3.